The van der Waals surface area contributed by atoms with Crippen LogP contribution in [-0.4, -0.2) is 79.4 Å². The van der Waals surface area contributed by atoms with Gasteiger partial charge in [0.1, 0.15) is 6.54 Å². The molecular weight excluding hydrogens is 366 g/mol. The molecule has 1 aromatic rings. The van der Waals surface area contributed by atoms with E-state index in [0.29, 0.717) is 35.8 Å². The first kappa shape index (κ1) is 21.2. The van der Waals surface area contributed by atoms with Crippen LogP contribution >= 0.6 is 0 Å². The van der Waals surface area contributed by atoms with Gasteiger partial charge in [-0.25, -0.2) is 9.69 Å². The average molecular weight is 391 g/mol. The van der Waals surface area contributed by atoms with Crippen LogP contribution in [0.3, 0.4) is 0 Å². The molecule has 1 fully saturated rings. The molecule has 28 heavy (non-hydrogen) atoms. The second-order valence-corrected chi connectivity index (χ2v) is 6.39. The number of hydrogen-bond acceptors (Lipinski definition) is 6. The zero-order valence-corrected chi connectivity index (χ0v) is 16.6. The summed E-state index contributed by atoms with van der Waals surface area (Å²) < 4.78 is 10.5. The number of ether oxygens (including phenoxy) is 2. The largest absolute Gasteiger partial charge is 0.493 e. The predicted octanol–water partition coefficient (Wildman–Crippen LogP) is 0.905. The van der Waals surface area contributed by atoms with Crippen LogP contribution in [0.5, 0.6) is 11.5 Å². The van der Waals surface area contributed by atoms with Gasteiger partial charge in [-0.15, -0.1) is 0 Å². The van der Waals surface area contributed by atoms with Crippen LogP contribution in [0.1, 0.15) is 18.9 Å². The molecular formula is C19H25N3O6. The molecule has 1 aliphatic rings. The number of carbonyl (C=O) groups excluding carboxylic acids is 4. The SMILES string of the molecule is CCCN1C(=O)C(=O)N(CC(=O)N(C)CCc2ccc(OC)c(OC)c2)C1=O. The molecule has 0 spiro atoms. The zero-order chi connectivity index (χ0) is 20.8. The Morgan fingerprint density at radius 2 is 1.68 bits per heavy atom. The number of methoxy groups -OCH3 is 2. The number of urea groups is 1. The number of benzene rings is 1. The standard InChI is InChI=1S/C19H25N3O6/c1-5-9-21-17(24)18(25)22(19(21)26)12-16(23)20(2)10-8-13-6-7-14(27-3)15(11-13)28-4/h6-7,11H,5,8-10,12H2,1-4H3. The third-order valence-corrected chi connectivity index (χ3v) is 4.49. The van der Waals surface area contributed by atoms with Gasteiger partial charge in [0.15, 0.2) is 11.5 Å². The molecule has 1 aliphatic heterocycles. The average Bonchev–Trinajstić information content (AvgIpc) is 2.90. The minimum Gasteiger partial charge on any atom is -0.493 e. The molecule has 9 nitrogen and oxygen atoms in total. The Morgan fingerprint density at radius 1 is 1.04 bits per heavy atom. The van der Waals surface area contributed by atoms with Crippen molar-refractivity contribution in [1.29, 1.82) is 0 Å². The van der Waals surface area contributed by atoms with Crippen molar-refractivity contribution in [2.45, 2.75) is 19.8 Å². The van der Waals surface area contributed by atoms with Gasteiger partial charge in [0.25, 0.3) is 0 Å². The summed E-state index contributed by atoms with van der Waals surface area (Å²) in [6, 6.07) is 4.74. The second-order valence-electron chi connectivity index (χ2n) is 6.39. The summed E-state index contributed by atoms with van der Waals surface area (Å²) in [7, 11) is 4.68. The van der Waals surface area contributed by atoms with E-state index in [1.807, 2.05) is 12.1 Å². The first-order valence-electron chi connectivity index (χ1n) is 8.96. The Bertz CT molecular complexity index is 779. The Morgan fingerprint density at radius 3 is 2.29 bits per heavy atom. The van der Waals surface area contributed by atoms with Crippen LogP contribution in [0, 0.1) is 0 Å². The van der Waals surface area contributed by atoms with Crippen molar-refractivity contribution in [2.75, 3.05) is 40.9 Å². The summed E-state index contributed by atoms with van der Waals surface area (Å²) in [5, 5.41) is 0. The summed E-state index contributed by atoms with van der Waals surface area (Å²) in [5.41, 5.74) is 0.940. The fourth-order valence-electron chi connectivity index (χ4n) is 2.82. The van der Waals surface area contributed by atoms with Gasteiger partial charge < -0.3 is 14.4 Å². The molecule has 0 aromatic heterocycles. The zero-order valence-electron chi connectivity index (χ0n) is 16.6. The molecule has 1 aromatic carbocycles. The number of rotatable bonds is 9. The van der Waals surface area contributed by atoms with Gasteiger partial charge in [0, 0.05) is 20.1 Å². The summed E-state index contributed by atoms with van der Waals surface area (Å²) in [4.78, 5) is 51.5. The molecule has 9 heteroatoms. The number of hydrogen-bond donors (Lipinski definition) is 0. The molecule has 0 saturated carbocycles. The van der Waals surface area contributed by atoms with Gasteiger partial charge in [-0.3, -0.25) is 19.3 Å². The normalized spacial score (nSPS) is 13.9. The maximum absolute atomic E-state index is 12.4. The van der Waals surface area contributed by atoms with Gasteiger partial charge in [-0.1, -0.05) is 13.0 Å². The van der Waals surface area contributed by atoms with Gasteiger partial charge in [-0.2, -0.15) is 0 Å². The minimum atomic E-state index is -0.958. The molecule has 0 bridgehead atoms. The van der Waals surface area contributed by atoms with Crippen molar-refractivity contribution in [3.05, 3.63) is 23.8 Å². The van der Waals surface area contributed by atoms with Crippen molar-refractivity contribution in [3.63, 3.8) is 0 Å². The Hall–Kier alpha value is -3.10. The van der Waals surface area contributed by atoms with Crippen molar-refractivity contribution < 1.29 is 28.7 Å². The number of carbonyl (C=O) groups is 4. The highest BCUT2D eigenvalue weighted by atomic mass is 16.5. The van der Waals surface area contributed by atoms with Crippen molar-refractivity contribution in [1.82, 2.24) is 14.7 Å². The molecule has 1 heterocycles. The predicted molar refractivity (Wildman–Crippen MR) is 100 cm³/mol. The van der Waals surface area contributed by atoms with Crippen LogP contribution < -0.4 is 9.47 Å². The van der Waals surface area contributed by atoms with Crippen LogP contribution in [0.15, 0.2) is 18.2 Å². The number of imide groups is 2. The van der Waals surface area contributed by atoms with Gasteiger partial charge >= 0.3 is 17.8 Å². The summed E-state index contributed by atoms with van der Waals surface area (Å²) in [6.45, 7) is 1.87. The van der Waals surface area contributed by atoms with Crippen LogP contribution in [0.25, 0.3) is 0 Å². The Balaban J connectivity index is 1.95. The van der Waals surface area contributed by atoms with Crippen molar-refractivity contribution >= 4 is 23.8 Å². The number of nitrogens with zero attached hydrogens (tertiary/aromatic N) is 3. The van der Waals surface area contributed by atoms with E-state index >= 15 is 0 Å². The summed E-state index contributed by atoms with van der Waals surface area (Å²) in [5.74, 6) is -1.05. The molecule has 0 unspecified atom stereocenters. The van der Waals surface area contributed by atoms with E-state index in [0.717, 1.165) is 10.5 Å². The van der Waals surface area contributed by atoms with E-state index < -0.39 is 30.3 Å². The molecule has 0 atom stereocenters. The minimum absolute atomic E-state index is 0.156. The molecule has 0 N–H and O–H groups in total. The quantitative estimate of drug-likeness (QED) is 0.458. The van der Waals surface area contributed by atoms with E-state index in [9.17, 15) is 19.2 Å². The lowest BCUT2D eigenvalue weighted by Crippen LogP contribution is -2.42. The third kappa shape index (κ3) is 4.41. The topological polar surface area (TPSA) is 96.5 Å². The molecule has 152 valence electrons. The van der Waals surface area contributed by atoms with E-state index in [1.54, 1.807) is 34.3 Å². The van der Waals surface area contributed by atoms with Gasteiger partial charge in [-0.05, 0) is 30.5 Å². The monoisotopic (exact) mass is 391 g/mol. The fourth-order valence-corrected chi connectivity index (χ4v) is 2.82. The summed E-state index contributed by atoms with van der Waals surface area (Å²) >= 11 is 0. The summed E-state index contributed by atoms with van der Waals surface area (Å²) in [6.07, 6.45) is 1.09. The highest BCUT2D eigenvalue weighted by Crippen LogP contribution is 2.27. The molecule has 0 aliphatic carbocycles. The molecule has 5 amide bonds. The Kier molecular flexibility index (Phi) is 6.97. The number of amides is 5. The van der Waals surface area contributed by atoms with Crippen LogP contribution in [-0.2, 0) is 20.8 Å². The van der Waals surface area contributed by atoms with Crippen LogP contribution in [0.4, 0.5) is 4.79 Å². The highest BCUT2D eigenvalue weighted by molar-refractivity contribution is 6.45. The van der Waals surface area contributed by atoms with E-state index in [1.165, 1.54) is 4.90 Å². The highest BCUT2D eigenvalue weighted by Gasteiger charge is 2.44. The van der Waals surface area contributed by atoms with E-state index in [-0.39, 0.29) is 6.54 Å². The molecule has 1 saturated heterocycles. The van der Waals surface area contributed by atoms with Gasteiger partial charge in [0.2, 0.25) is 5.91 Å². The van der Waals surface area contributed by atoms with Gasteiger partial charge in [0.05, 0.1) is 14.2 Å². The van der Waals surface area contributed by atoms with E-state index in [2.05, 4.69) is 0 Å². The maximum atomic E-state index is 12.4. The Labute approximate surface area is 163 Å². The first-order valence-corrected chi connectivity index (χ1v) is 8.96. The smallest absolute Gasteiger partial charge is 0.334 e. The molecule has 2 rings (SSSR count). The van der Waals surface area contributed by atoms with E-state index in [4.69, 9.17) is 9.47 Å². The maximum Gasteiger partial charge on any atom is 0.334 e. The molecule has 0 radical (unpaired) electrons. The van der Waals surface area contributed by atoms with Crippen molar-refractivity contribution in [3.8, 4) is 11.5 Å². The van der Waals surface area contributed by atoms with Crippen molar-refractivity contribution in [2.24, 2.45) is 0 Å². The fraction of sp³-hybridized carbons (Fsp3) is 0.474. The van der Waals surface area contributed by atoms with Crippen LogP contribution in [0.2, 0.25) is 0 Å². The second kappa shape index (κ2) is 9.20. The lowest BCUT2D eigenvalue weighted by Gasteiger charge is -2.20. The lowest BCUT2D eigenvalue weighted by molar-refractivity contribution is -0.144. The number of likely N-dealkylation sites (N-methyl/N-ethyl adjacent to an activating group) is 1. The third-order valence-electron chi connectivity index (χ3n) is 4.49. The first-order chi connectivity index (χ1) is 13.3. The lowest BCUT2D eigenvalue weighted by atomic mass is 10.1.